The smallest absolute Gasteiger partial charge is 0.261 e. The van der Waals surface area contributed by atoms with Gasteiger partial charge in [-0.15, -0.1) is 0 Å². The minimum atomic E-state index is 0.0161. The first-order valence-electron chi connectivity index (χ1n) is 10.6. The molecule has 30 heavy (non-hydrogen) atoms. The second-order valence-corrected chi connectivity index (χ2v) is 8.71. The summed E-state index contributed by atoms with van der Waals surface area (Å²) in [7, 11) is 0. The number of hydrogen-bond donors (Lipinski definition) is 0. The minimum absolute atomic E-state index is 0.0161. The SMILES string of the molecule is C=C(C)c1nc2ccc(-c3ccc(Cl)cc3)cc2c(=O)n1CC1CCCN(CC)C1. The maximum atomic E-state index is 13.6. The van der Waals surface area contributed by atoms with Gasteiger partial charge in [-0.1, -0.05) is 43.3 Å². The third-order valence-corrected chi connectivity index (χ3v) is 6.26. The highest BCUT2D eigenvalue weighted by Crippen LogP contribution is 2.25. The van der Waals surface area contributed by atoms with Crippen molar-refractivity contribution in [3.8, 4) is 11.1 Å². The van der Waals surface area contributed by atoms with E-state index in [1.165, 1.54) is 6.42 Å². The third kappa shape index (κ3) is 4.21. The van der Waals surface area contributed by atoms with Crippen molar-refractivity contribution in [2.24, 2.45) is 5.92 Å². The number of benzene rings is 2. The van der Waals surface area contributed by atoms with Gasteiger partial charge in [-0.3, -0.25) is 9.36 Å². The zero-order valence-corrected chi connectivity index (χ0v) is 18.5. The summed E-state index contributed by atoms with van der Waals surface area (Å²) in [6.07, 6.45) is 2.32. The number of nitrogens with zero attached hydrogens (tertiary/aromatic N) is 3. The van der Waals surface area contributed by atoms with E-state index in [1.807, 2.05) is 54.0 Å². The molecule has 0 radical (unpaired) electrons. The standard InChI is InChI=1S/C25H28ClN3O/c1-4-28-13-5-6-18(15-28)16-29-24(17(2)3)27-23-12-9-20(14-22(23)25(29)30)19-7-10-21(26)11-8-19/h7-12,14,18H,2,4-6,13,15-16H2,1,3H3. The summed E-state index contributed by atoms with van der Waals surface area (Å²) in [5.74, 6) is 1.15. The number of fused-ring (bicyclic) bond motifs is 1. The van der Waals surface area contributed by atoms with Crippen LogP contribution in [0.25, 0.3) is 27.6 Å². The lowest BCUT2D eigenvalue weighted by molar-refractivity contribution is 0.169. The molecule has 4 nitrogen and oxygen atoms in total. The van der Waals surface area contributed by atoms with Crippen molar-refractivity contribution in [3.63, 3.8) is 0 Å². The summed E-state index contributed by atoms with van der Waals surface area (Å²) in [5, 5.41) is 1.35. The van der Waals surface area contributed by atoms with Gasteiger partial charge in [-0.2, -0.15) is 0 Å². The Labute approximate surface area is 182 Å². The van der Waals surface area contributed by atoms with E-state index in [4.69, 9.17) is 16.6 Å². The van der Waals surface area contributed by atoms with Crippen molar-refractivity contribution in [2.75, 3.05) is 19.6 Å². The summed E-state index contributed by atoms with van der Waals surface area (Å²) in [6, 6.07) is 13.6. The second-order valence-electron chi connectivity index (χ2n) is 8.27. The van der Waals surface area contributed by atoms with E-state index >= 15 is 0 Å². The van der Waals surface area contributed by atoms with Crippen LogP contribution in [0.15, 0.2) is 53.8 Å². The number of allylic oxidation sites excluding steroid dienone is 1. The van der Waals surface area contributed by atoms with Gasteiger partial charge in [-0.05, 0) is 79.7 Å². The fourth-order valence-electron chi connectivity index (χ4n) is 4.38. The van der Waals surface area contributed by atoms with Crippen LogP contribution in [0.5, 0.6) is 0 Å². The Kier molecular flexibility index (Phi) is 6.07. The third-order valence-electron chi connectivity index (χ3n) is 6.00. The van der Waals surface area contributed by atoms with Gasteiger partial charge in [0.25, 0.3) is 5.56 Å². The molecular formula is C25H28ClN3O. The van der Waals surface area contributed by atoms with Crippen molar-refractivity contribution >= 4 is 28.1 Å². The molecule has 0 aliphatic carbocycles. The quantitative estimate of drug-likeness (QED) is 0.547. The Morgan fingerprint density at radius 1 is 1.20 bits per heavy atom. The molecule has 1 aliphatic heterocycles. The average Bonchev–Trinajstić information content (AvgIpc) is 2.76. The predicted molar refractivity (Wildman–Crippen MR) is 126 cm³/mol. The van der Waals surface area contributed by atoms with E-state index in [0.717, 1.165) is 42.8 Å². The number of hydrogen-bond acceptors (Lipinski definition) is 3. The predicted octanol–water partition coefficient (Wildman–Crippen LogP) is 5.48. The van der Waals surface area contributed by atoms with Gasteiger partial charge in [0.1, 0.15) is 5.82 Å². The summed E-state index contributed by atoms with van der Waals surface area (Å²) < 4.78 is 1.85. The van der Waals surface area contributed by atoms with E-state index in [0.29, 0.717) is 34.2 Å². The fraction of sp³-hybridized carbons (Fsp3) is 0.360. The van der Waals surface area contributed by atoms with Crippen LogP contribution >= 0.6 is 11.6 Å². The molecule has 1 fully saturated rings. The Bertz CT molecular complexity index is 1130. The van der Waals surface area contributed by atoms with E-state index in [1.54, 1.807) is 0 Å². The first kappa shape index (κ1) is 20.8. The molecule has 1 aliphatic rings. The molecule has 1 unspecified atom stereocenters. The molecule has 0 N–H and O–H groups in total. The lowest BCUT2D eigenvalue weighted by Crippen LogP contribution is -2.39. The van der Waals surface area contributed by atoms with Crippen LogP contribution in [0, 0.1) is 5.92 Å². The molecule has 4 rings (SSSR count). The average molecular weight is 422 g/mol. The molecule has 0 saturated carbocycles. The lowest BCUT2D eigenvalue weighted by atomic mass is 9.97. The van der Waals surface area contributed by atoms with Gasteiger partial charge < -0.3 is 4.90 Å². The van der Waals surface area contributed by atoms with Crippen LogP contribution in [-0.4, -0.2) is 34.1 Å². The van der Waals surface area contributed by atoms with Crippen molar-refractivity contribution < 1.29 is 0 Å². The van der Waals surface area contributed by atoms with Crippen molar-refractivity contribution in [1.82, 2.24) is 14.5 Å². The van der Waals surface area contributed by atoms with Crippen LogP contribution in [0.3, 0.4) is 0 Å². The van der Waals surface area contributed by atoms with Crippen LogP contribution in [0.2, 0.25) is 5.02 Å². The van der Waals surface area contributed by atoms with E-state index in [2.05, 4.69) is 18.4 Å². The molecule has 1 atom stereocenters. The van der Waals surface area contributed by atoms with E-state index in [-0.39, 0.29) is 5.56 Å². The summed E-state index contributed by atoms with van der Waals surface area (Å²) in [5.41, 5.74) is 3.57. The van der Waals surface area contributed by atoms with Gasteiger partial charge in [0.15, 0.2) is 0 Å². The van der Waals surface area contributed by atoms with Crippen molar-refractivity contribution in [2.45, 2.75) is 33.2 Å². The Morgan fingerprint density at radius 3 is 2.63 bits per heavy atom. The number of halogens is 1. The summed E-state index contributed by atoms with van der Waals surface area (Å²) in [6.45, 7) is 12.1. The highest BCUT2D eigenvalue weighted by Gasteiger charge is 2.22. The maximum absolute atomic E-state index is 13.6. The van der Waals surface area contributed by atoms with Crippen LogP contribution < -0.4 is 5.56 Å². The number of piperidine rings is 1. The number of rotatable bonds is 5. The maximum Gasteiger partial charge on any atom is 0.261 e. The minimum Gasteiger partial charge on any atom is -0.303 e. The lowest BCUT2D eigenvalue weighted by Gasteiger charge is -2.32. The van der Waals surface area contributed by atoms with Crippen molar-refractivity contribution in [3.05, 3.63) is 70.2 Å². The highest BCUT2D eigenvalue weighted by molar-refractivity contribution is 6.30. The monoisotopic (exact) mass is 421 g/mol. The summed E-state index contributed by atoms with van der Waals surface area (Å²) >= 11 is 6.03. The zero-order chi connectivity index (χ0) is 21.3. The summed E-state index contributed by atoms with van der Waals surface area (Å²) in [4.78, 5) is 20.8. The Morgan fingerprint density at radius 2 is 1.93 bits per heavy atom. The van der Waals surface area contributed by atoms with Crippen LogP contribution in [-0.2, 0) is 6.54 Å². The topological polar surface area (TPSA) is 38.1 Å². The zero-order valence-electron chi connectivity index (χ0n) is 17.7. The molecule has 3 aromatic rings. The molecule has 5 heteroatoms. The van der Waals surface area contributed by atoms with Gasteiger partial charge >= 0.3 is 0 Å². The van der Waals surface area contributed by atoms with E-state index in [9.17, 15) is 4.79 Å². The van der Waals surface area contributed by atoms with Gasteiger partial charge in [0.05, 0.1) is 10.9 Å². The first-order chi connectivity index (χ1) is 14.5. The molecule has 2 heterocycles. The molecular weight excluding hydrogens is 394 g/mol. The Balaban J connectivity index is 1.78. The largest absolute Gasteiger partial charge is 0.303 e. The van der Waals surface area contributed by atoms with Crippen molar-refractivity contribution in [1.29, 1.82) is 0 Å². The Hall–Kier alpha value is -2.43. The molecule has 0 bridgehead atoms. The second kappa shape index (κ2) is 8.75. The van der Waals surface area contributed by atoms with Crippen LogP contribution in [0.4, 0.5) is 0 Å². The molecule has 0 spiro atoms. The molecule has 2 aromatic carbocycles. The van der Waals surface area contributed by atoms with Gasteiger partial charge in [0, 0.05) is 18.1 Å². The van der Waals surface area contributed by atoms with Crippen LogP contribution in [0.1, 0.15) is 32.5 Å². The fourth-order valence-corrected chi connectivity index (χ4v) is 4.51. The molecule has 1 saturated heterocycles. The highest BCUT2D eigenvalue weighted by atomic mass is 35.5. The molecule has 0 amide bonds. The first-order valence-corrected chi connectivity index (χ1v) is 11.0. The number of aromatic nitrogens is 2. The number of likely N-dealkylation sites (tertiary alicyclic amines) is 1. The van der Waals surface area contributed by atoms with Gasteiger partial charge in [-0.25, -0.2) is 4.98 Å². The van der Waals surface area contributed by atoms with E-state index < -0.39 is 0 Å². The van der Waals surface area contributed by atoms with Gasteiger partial charge in [0.2, 0.25) is 0 Å². The molecule has 1 aromatic heterocycles. The normalized spacial score (nSPS) is 17.4. The molecule has 156 valence electrons.